The molecule has 8 aliphatic rings. The molecule has 7 aliphatic heterocycles. The molecule has 0 radical (unpaired) electrons. The topological polar surface area (TPSA) is 344 Å². The fourth-order valence-electron chi connectivity index (χ4n) is 13.8. The first-order valence-corrected chi connectivity index (χ1v) is 39.4. The number of amides is 7. The van der Waals surface area contributed by atoms with Gasteiger partial charge in [0.15, 0.2) is 40.7 Å². The van der Waals surface area contributed by atoms with Crippen LogP contribution >= 0.6 is 0 Å². The molecule has 2 fully saturated rings. The van der Waals surface area contributed by atoms with E-state index >= 15 is 0 Å². The molecular weight excluding hydrogens is 1500 g/mol. The monoisotopic (exact) mass is 1600 g/mol. The predicted octanol–water partition coefficient (Wildman–Crippen LogP) is 8.08. The van der Waals surface area contributed by atoms with Crippen LogP contribution in [0, 0.1) is 11.8 Å². The smallest absolute Gasteiger partial charge is 0.260 e. The maximum atomic E-state index is 14.0. The van der Waals surface area contributed by atoms with Crippen LogP contribution in [0.1, 0.15) is 92.4 Å². The average Bonchev–Trinajstić information content (AvgIpc) is 1.58. The number of aliphatic imine (C=N–C) groups is 2. The highest BCUT2D eigenvalue weighted by Gasteiger charge is 2.50. The first-order chi connectivity index (χ1) is 56.6. The van der Waals surface area contributed by atoms with E-state index in [9.17, 15) is 33.6 Å². The number of hydrogen-bond acceptors (Lipinski definition) is 25. The fourth-order valence-corrected chi connectivity index (χ4v) is 13.8. The molecular formula is C85H103N9O22. The lowest BCUT2D eigenvalue weighted by Gasteiger charge is -2.24. The molecule has 7 heterocycles. The molecule has 0 spiro atoms. The number of likely N-dealkylation sites (tertiary alicyclic amines) is 1. The van der Waals surface area contributed by atoms with Gasteiger partial charge < -0.3 is 102 Å². The molecule has 0 saturated carbocycles. The number of allylic oxidation sites excluding steroid dienone is 7. The highest BCUT2D eigenvalue weighted by molar-refractivity contribution is 6.07. The zero-order valence-corrected chi connectivity index (χ0v) is 66.1. The number of anilines is 1. The van der Waals surface area contributed by atoms with Crippen molar-refractivity contribution in [3.05, 3.63) is 149 Å². The van der Waals surface area contributed by atoms with Gasteiger partial charge in [0.2, 0.25) is 42.2 Å². The molecule has 4 unspecified atom stereocenters. The molecule has 4 aromatic rings. The molecule has 0 bridgehead atoms. The van der Waals surface area contributed by atoms with E-state index in [1.807, 2.05) is 123 Å². The molecule has 7 amide bonds. The summed E-state index contributed by atoms with van der Waals surface area (Å²) >= 11 is 0. The maximum absolute atomic E-state index is 14.0. The van der Waals surface area contributed by atoms with Gasteiger partial charge in [-0.3, -0.25) is 48.4 Å². The summed E-state index contributed by atoms with van der Waals surface area (Å²) in [5.41, 5.74) is 7.78. The first-order valence-electron chi connectivity index (χ1n) is 39.4. The number of epoxide rings is 1. The van der Waals surface area contributed by atoms with E-state index in [0.29, 0.717) is 176 Å². The third-order valence-corrected chi connectivity index (χ3v) is 20.1. The Morgan fingerprint density at radius 3 is 1.82 bits per heavy atom. The Kier molecular flexibility index (Phi) is 31.3. The minimum atomic E-state index is -0.918. The Bertz CT molecular complexity index is 4370. The lowest BCUT2D eigenvalue weighted by molar-refractivity contribution is -0.139. The molecule has 116 heavy (non-hydrogen) atoms. The standard InChI is InChI=1S/C85H103N9O22/c1-55(2)79(91-77(96)21-26-104-28-30-106-32-34-108-36-38-110-40-41-111-39-37-109-35-33-107-31-29-105-27-22-86-76(95)20-23-92-78(97)47-65(83(92)100)58-12-9-7-6-8-10-13-58)82(99)89-56(3)81(98)90-62-17-14-57(15-18-62)60-42-64-51-87-68-48-74(71(102-4)45-66(68)80-85(116-80)94(64)53-60)112-24-11-25-113-75-49-69-67(46-72(75)103-5)84(101)93-52-61(43-63(93)50-88-69)59-16-19-70-73(44-59)115-54-114-70/h6-10,12-19,44-46,48-53,55-56,63-65,79-80,85H,11,20-43,47,54H2,1-5H3,(H,86,95)(H,89,99)(H,90,98)(H,91,96)/b7-6-,8-6?,9-7?,10-8-,12-9?,13-10?,58-12?,58-13?,87-51?/t56-,63-,64-,65?,79?,80?,85?/m0/s1. The van der Waals surface area contributed by atoms with Crippen molar-refractivity contribution in [1.82, 2.24) is 30.7 Å². The third kappa shape index (κ3) is 23.4. The number of nitrogens with zero attached hydrogens (tertiary/aromatic N) is 5. The van der Waals surface area contributed by atoms with Crippen molar-refractivity contribution in [3.8, 4) is 34.5 Å². The van der Waals surface area contributed by atoms with E-state index in [0.717, 1.165) is 39.1 Å². The van der Waals surface area contributed by atoms with E-state index in [-0.39, 0.29) is 112 Å². The van der Waals surface area contributed by atoms with Gasteiger partial charge in [-0.2, -0.15) is 0 Å². The van der Waals surface area contributed by atoms with Crippen LogP contribution in [-0.2, 0) is 71.4 Å². The second kappa shape index (κ2) is 42.8. The summed E-state index contributed by atoms with van der Waals surface area (Å²) in [6.07, 6.45) is 22.1. The third-order valence-electron chi connectivity index (χ3n) is 20.1. The Morgan fingerprint density at radius 1 is 0.560 bits per heavy atom. The Labute approximate surface area is 674 Å². The zero-order chi connectivity index (χ0) is 81.1. The van der Waals surface area contributed by atoms with E-state index in [1.165, 1.54) is 12.0 Å². The molecule has 7 atom stereocenters. The summed E-state index contributed by atoms with van der Waals surface area (Å²) in [5, 5.41) is 11.2. The van der Waals surface area contributed by atoms with Crippen LogP contribution < -0.4 is 49.7 Å². The van der Waals surface area contributed by atoms with Gasteiger partial charge in [-0.15, -0.1) is 0 Å². The maximum Gasteiger partial charge on any atom is 0.260 e. The quantitative estimate of drug-likeness (QED) is 0.0184. The lowest BCUT2D eigenvalue weighted by Crippen LogP contribution is -2.53. The normalized spacial score (nSPS) is 19.7. The predicted molar refractivity (Wildman–Crippen MR) is 427 cm³/mol. The highest BCUT2D eigenvalue weighted by atomic mass is 16.7. The number of benzene rings is 4. The summed E-state index contributed by atoms with van der Waals surface area (Å²) in [6.45, 7) is 11.9. The Hall–Kier alpha value is -10.6. The summed E-state index contributed by atoms with van der Waals surface area (Å²) in [7, 11) is 3.13. The van der Waals surface area contributed by atoms with Crippen molar-refractivity contribution < 1.29 is 105 Å². The number of carbonyl (C=O) groups is 7. The largest absolute Gasteiger partial charge is 0.493 e. The number of fused-ring (bicyclic) bond motifs is 8. The number of methoxy groups -OCH3 is 2. The van der Waals surface area contributed by atoms with Crippen molar-refractivity contribution in [2.45, 2.75) is 95.8 Å². The molecule has 620 valence electrons. The van der Waals surface area contributed by atoms with Crippen molar-refractivity contribution in [2.24, 2.45) is 21.8 Å². The number of hydrogen-bond donors (Lipinski definition) is 4. The molecule has 2 saturated heterocycles. The van der Waals surface area contributed by atoms with Crippen molar-refractivity contribution in [1.29, 1.82) is 0 Å². The van der Waals surface area contributed by atoms with Crippen LogP contribution in [0.3, 0.4) is 0 Å². The Balaban J connectivity index is 0.454. The van der Waals surface area contributed by atoms with Crippen molar-refractivity contribution >= 4 is 82.0 Å². The number of nitrogens with one attached hydrogen (secondary N) is 4. The van der Waals surface area contributed by atoms with Crippen molar-refractivity contribution in [3.63, 3.8) is 0 Å². The summed E-state index contributed by atoms with van der Waals surface area (Å²) in [6, 6.07) is 18.4. The lowest BCUT2D eigenvalue weighted by atomic mass is 9.95. The molecule has 31 nitrogen and oxygen atoms in total. The number of imide groups is 1. The van der Waals surface area contributed by atoms with E-state index < -0.39 is 29.8 Å². The van der Waals surface area contributed by atoms with Crippen LogP contribution in [0.15, 0.2) is 137 Å². The van der Waals surface area contributed by atoms with E-state index in [2.05, 4.69) is 32.4 Å². The molecule has 4 N–H and O–H groups in total. The van der Waals surface area contributed by atoms with Gasteiger partial charge in [-0.1, -0.05) is 74.6 Å². The second-order valence-corrected chi connectivity index (χ2v) is 28.5. The number of ether oxygens (including phenoxy) is 15. The van der Waals surface area contributed by atoms with E-state index in [1.54, 1.807) is 37.3 Å². The highest BCUT2D eigenvalue weighted by Crippen LogP contribution is 2.52. The van der Waals surface area contributed by atoms with Crippen LogP contribution in [0.25, 0.3) is 11.1 Å². The summed E-state index contributed by atoms with van der Waals surface area (Å²) in [4.78, 5) is 106. The SMILES string of the molecule is COc1cc2c(cc1OCCCOc1cc3c(cc1OC)C1OC1N1C=C(c4ccc(NC(=O)[C@H](C)NC(=O)C(NC(=O)CCOCCOCCOCCOCCOCCOCCOCCOCCNC(=O)CCN5C(=O)CC(C6=C/C=C\C=C/C=C6)C5=O)C(C)C)cc4)C[C@H]1C=N3)N=C[C@@H]1CC(c3ccc4c(c3)OCO4)=CN1C2=O. The average molecular weight is 1600 g/mol. The second-order valence-electron chi connectivity index (χ2n) is 28.5. The van der Waals surface area contributed by atoms with E-state index in [4.69, 9.17) is 81.0 Å². The van der Waals surface area contributed by atoms with Gasteiger partial charge in [-0.25, -0.2) is 0 Å². The summed E-state index contributed by atoms with van der Waals surface area (Å²) in [5.74, 6) is 0.196. The van der Waals surface area contributed by atoms with Gasteiger partial charge in [0.25, 0.3) is 5.91 Å². The minimum absolute atomic E-state index is 0.0179. The van der Waals surface area contributed by atoms with Crippen LogP contribution in [0.2, 0.25) is 0 Å². The number of carbonyl (C=O) groups excluding carboxylic acids is 7. The molecule has 4 aromatic carbocycles. The van der Waals surface area contributed by atoms with Crippen LogP contribution in [0.5, 0.6) is 34.5 Å². The molecule has 0 aromatic heterocycles. The molecule has 1 aliphatic carbocycles. The van der Waals surface area contributed by atoms with Gasteiger partial charge in [0, 0.05) is 93.4 Å². The molecule has 12 rings (SSSR count). The van der Waals surface area contributed by atoms with Gasteiger partial charge >= 0.3 is 0 Å². The van der Waals surface area contributed by atoms with Crippen LogP contribution in [0.4, 0.5) is 17.1 Å². The fraction of sp³-hybridized carbons (Fsp3) is 0.471. The number of rotatable bonds is 47. The minimum Gasteiger partial charge on any atom is -0.493 e. The Morgan fingerprint density at radius 2 is 1.15 bits per heavy atom. The van der Waals surface area contributed by atoms with Gasteiger partial charge in [0.05, 0.1) is 168 Å². The first kappa shape index (κ1) is 84.8. The summed E-state index contributed by atoms with van der Waals surface area (Å²) < 4.78 is 85.9. The zero-order valence-electron chi connectivity index (χ0n) is 66.1. The molecule has 31 heteroatoms. The van der Waals surface area contributed by atoms with Gasteiger partial charge in [-0.05, 0) is 83.5 Å². The van der Waals surface area contributed by atoms with Gasteiger partial charge in [0.1, 0.15) is 18.2 Å². The van der Waals surface area contributed by atoms with Crippen LogP contribution in [-0.4, -0.2) is 252 Å². The van der Waals surface area contributed by atoms with Crippen molar-refractivity contribution in [2.75, 3.05) is 158 Å².